The maximum absolute atomic E-state index is 6.26. The van der Waals surface area contributed by atoms with Gasteiger partial charge in [-0.2, -0.15) is 0 Å². The van der Waals surface area contributed by atoms with E-state index in [-0.39, 0.29) is 12.1 Å². The second-order valence-electron chi connectivity index (χ2n) is 5.00. The van der Waals surface area contributed by atoms with Crippen LogP contribution in [0, 0.1) is 0 Å². The molecule has 1 aliphatic heterocycles. The van der Waals surface area contributed by atoms with E-state index in [2.05, 4.69) is 11.9 Å². The van der Waals surface area contributed by atoms with Gasteiger partial charge in [-0.25, -0.2) is 0 Å². The van der Waals surface area contributed by atoms with Gasteiger partial charge in [0.25, 0.3) is 0 Å². The highest BCUT2D eigenvalue weighted by atomic mass is 35.5. The molecule has 2 aromatic rings. The molecule has 0 spiro atoms. The number of likely N-dealkylation sites (N-methyl/N-ethyl adjacent to an activating group) is 1. The highest BCUT2D eigenvalue weighted by molar-refractivity contribution is 6.34. The Hall–Kier alpha value is -1.07. The first-order chi connectivity index (χ1) is 9.15. The Kier molecular flexibility index (Phi) is 3.50. The SMILES string of the molecule is CN1CCOC(C(N)c2cc3cccc(Cl)c3o2)C1. The number of ether oxygens (including phenoxy) is 1. The van der Waals surface area contributed by atoms with E-state index in [1.165, 1.54) is 0 Å². The Bertz CT molecular complexity index is 584. The highest BCUT2D eigenvalue weighted by Crippen LogP contribution is 2.30. The normalized spacial score (nSPS) is 22.8. The molecule has 1 aliphatic rings. The van der Waals surface area contributed by atoms with Crippen LogP contribution in [-0.2, 0) is 4.74 Å². The van der Waals surface area contributed by atoms with Crippen molar-refractivity contribution in [3.63, 3.8) is 0 Å². The lowest BCUT2D eigenvalue weighted by molar-refractivity contribution is -0.0354. The standard InChI is InChI=1S/C14H17ClN2O2/c1-17-5-6-18-12(8-17)13(16)11-7-9-3-2-4-10(15)14(9)19-11/h2-4,7,12-13H,5-6,8,16H2,1H3. The minimum absolute atomic E-state index is 0.0434. The molecule has 3 rings (SSSR count). The lowest BCUT2D eigenvalue weighted by Gasteiger charge is -2.32. The van der Waals surface area contributed by atoms with Crippen LogP contribution >= 0.6 is 11.6 Å². The van der Waals surface area contributed by atoms with E-state index in [0.717, 1.165) is 24.2 Å². The van der Waals surface area contributed by atoms with Crippen molar-refractivity contribution in [1.82, 2.24) is 4.90 Å². The molecule has 4 nitrogen and oxygen atoms in total. The first-order valence-electron chi connectivity index (χ1n) is 6.39. The fraction of sp³-hybridized carbons (Fsp3) is 0.429. The third kappa shape index (κ3) is 2.49. The fourth-order valence-corrected chi connectivity index (χ4v) is 2.64. The van der Waals surface area contributed by atoms with E-state index in [0.29, 0.717) is 17.2 Å². The van der Waals surface area contributed by atoms with Crippen LogP contribution in [0.1, 0.15) is 11.8 Å². The van der Waals surface area contributed by atoms with Gasteiger partial charge in [-0.3, -0.25) is 0 Å². The molecule has 102 valence electrons. The molecule has 1 saturated heterocycles. The summed E-state index contributed by atoms with van der Waals surface area (Å²) >= 11 is 6.11. The second kappa shape index (κ2) is 5.13. The Balaban J connectivity index is 1.88. The molecule has 19 heavy (non-hydrogen) atoms. The summed E-state index contributed by atoms with van der Waals surface area (Å²) in [5, 5.41) is 1.58. The number of nitrogens with two attached hydrogens (primary N) is 1. The molecule has 2 N–H and O–H groups in total. The highest BCUT2D eigenvalue weighted by Gasteiger charge is 2.27. The molecule has 5 heteroatoms. The first-order valence-corrected chi connectivity index (χ1v) is 6.76. The average molecular weight is 281 g/mol. The number of nitrogens with zero attached hydrogens (tertiary/aromatic N) is 1. The Labute approximate surface area is 117 Å². The summed E-state index contributed by atoms with van der Waals surface area (Å²) in [5.74, 6) is 0.725. The van der Waals surface area contributed by atoms with E-state index in [1.807, 2.05) is 24.3 Å². The molecule has 0 bridgehead atoms. The molecule has 1 aromatic heterocycles. The maximum Gasteiger partial charge on any atom is 0.152 e. The van der Waals surface area contributed by atoms with Gasteiger partial charge in [0.1, 0.15) is 5.76 Å². The summed E-state index contributed by atoms with van der Waals surface area (Å²) in [6.45, 7) is 2.46. The third-order valence-corrected chi connectivity index (χ3v) is 3.84. The van der Waals surface area contributed by atoms with E-state index < -0.39 is 0 Å². The average Bonchev–Trinajstić information content (AvgIpc) is 2.83. The van der Waals surface area contributed by atoms with Gasteiger partial charge < -0.3 is 19.8 Å². The number of hydrogen-bond acceptors (Lipinski definition) is 4. The quantitative estimate of drug-likeness (QED) is 0.918. The van der Waals surface area contributed by atoms with E-state index in [1.54, 1.807) is 0 Å². The van der Waals surface area contributed by atoms with Gasteiger partial charge in [-0.1, -0.05) is 23.7 Å². The van der Waals surface area contributed by atoms with Crippen LogP contribution in [0.3, 0.4) is 0 Å². The van der Waals surface area contributed by atoms with Crippen LogP contribution in [0.25, 0.3) is 11.0 Å². The largest absolute Gasteiger partial charge is 0.458 e. The summed E-state index contributed by atoms with van der Waals surface area (Å²) in [4.78, 5) is 2.21. The van der Waals surface area contributed by atoms with Crippen LogP contribution in [0.15, 0.2) is 28.7 Å². The number of furan rings is 1. The van der Waals surface area contributed by atoms with Crippen LogP contribution in [-0.4, -0.2) is 37.7 Å². The van der Waals surface area contributed by atoms with Crippen molar-refractivity contribution in [2.75, 3.05) is 26.7 Å². The van der Waals surface area contributed by atoms with Crippen LogP contribution < -0.4 is 5.73 Å². The number of halogens is 1. The number of hydrogen-bond donors (Lipinski definition) is 1. The third-order valence-electron chi connectivity index (χ3n) is 3.54. The Morgan fingerprint density at radius 2 is 2.32 bits per heavy atom. The van der Waals surface area contributed by atoms with Gasteiger partial charge in [-0.05, 0) is 19.2 Å². The summed E-state index contributed by atoms with van der Waals surface area (Å²) in [6, 6.07) is 7.36. The topological polar surface area (TPSA) is 51.6 Å². The van der Waals surface area contributed by atoms with Crippen molar-refractivity contribution in [1.29, 1.82) is 0 Å². The summed E-state index contributed by atoms with van der Waals surface area (Å²) in [5.41, 5.74) is 6.95. The molecule has 0 saturated carbocycles. The number of fused-ring (bicyclic) bond motifs is 1. The van der Waals surface area contributed by atoms with Gasteiger partial charge in [-0.15, -0.1) is 0 Å². The zero-order valence-electron chi connectivity index (χ0n) is 10.8. The predicted octanol–water partition coefficient (Wildman–Crippen LogP) is 2.42. The van der Waals surface area contributed by atoms with Gasteiger partial charge in [0.2, 0.25) is 0 Å². The number of morpholine rings is 1. The van der Waals surface area contributed by atoms with Gasteiger partial charge >= 0.3 is 0 Å². The molecule has 0 radical (unpaired) electrons. The minimum atomic E-state index is -0.272. The molecule has 0 aliphatic carbocycles. The molecule has 0 amide bonds. The van der Waals surface area contributed by atoms with Crippen molar-refractivity contribution in [2.45, 2.75) is 12.1 Å². The second-order valence-corrected chi connectivity index (χ2v) is 5.41. The smallest absolute Gasteiger partial charge is 0.152 e. The molecule has 2 unspecified atom stereocenters. The summed E-state index contributed by atoms with van der Waals surface area (Å²) in [7, 11) is 2.07. The Morgan fingerprint density at radius 1 is 1.47 bits per heavy atom. The molecular weight excluding hydrogens is 264 g/mol. The molecule has 2 heterocycles. The van der Waals surface area contributed by atoms with Crippen molar-refractivity contribution in [3.05, 3.63) is 35.0 Å². The molecular formula is C14H17ClN2O2. The van der Waals surface area contributed by atoms with Crippen molar-refractivity contribution in [2.24, 2.45) is 5.73 Å². The summed E-state index contributed by atoms with van der Waals surface area (Å²) in [6.07, 6.45) is -0.0434. The molecule has 1 aromatic carbocycles. The lowest BCUT2D eigenvalue weighted by atomic mass is 10.1. The van der Waals surface area contributed by atoms with Gasteiger partial charge in [0, 0.05) is 18.5 Å². The van der Waals surface area contributed by atoms with Gasteiger partial charge in [0.15, 0.2) is 5.58 Å². The van der Waals surface area contributed by atoms with Crippen LogP contribution in [0.5, 0.6) is 0 Å². The monoisotopic (exact) mass is 280 g/mol. The van der Waals surface area contributed by atoms with Crippen LogP contribution in [0.4, 0.5) is 0 Å². The van der Waals surface area contributed by atoms with Crippen molar-refractivity contribution in [3.8, 4) is 0 Å². The first kappa shape index (κ1) is 12.9. The van der Waals surface area contributed by atoms with Crippen LogP contribution in [0.2, 0.25) is 5.02 Å². The molecule has 2 atom stereocenters. The zero-order chi connectivity index (χ0) is 13.4. The number of benzene rings is 1. The van der Waals surface area contributed by atoms with Crippen molar-refractivity contribution < 1.29 is 9.15 Å². The van der Waals surface area contributed by atoms with E-state index >= 15 is 0 Å². The maximum atomic E-state index is 6.26. The van der Waals surface area contributed by atoms with Gasteiger partial charge in [0.05, 0.1) is 23.8 Å². The zero-order valence-corrected chi connectivity index (χ0v) is 11.6. The fourth-order valence-electron chi connectivity index (χ4n) is 2.42. The number of para-hydroxylation sites is 1. The summed E-state index contributed by atoms with van der Waals surface area (Å²) < 4.78 is 11.5. The Morgan fingerprint density at radius 3 is 3.05 bits per heavy atom. The lowest BCUT2D eigenvalue weighted by Crippen LogP contribution is -2.45. The predicted molar refractivity (Wildman–Crippen MR) is 75.4 cm³/mol. The minimum Gasteiger partial charge on any atom is -0.458 e. The number of rotatable bonds is 2. The van der Waals surface area contributed by atoms with E-state index in [9.17, 15) is 0 Å². The molecule has 1 fully saturated rings. The van der Waals surface area contributed by atoms with Crippen molar-refractivity contribution >= 4 is 22.6 Å². The van der Waals surface area contributed by atoms with E-state index in [4.69, 9.17) is 26.5 Å².